The molecule has 0 aromatic rings. The second kappa shape index (κ2) is 5.15. The van der Waals surface area contributed by atoms with Crippen LogP contribution >= 0.6 is 0 Å². The van der Waals surface area contributed by atoms with Crippen LogP contribution in [-0.2, 0) is 9.53 Å². The van der Waals surface area contributed by atoms with Crippen molar-refractivity contribution in [3.05, 3.63) is 0 Å². The quantitative estimate of drug-likeness (QED) is 0.476. The van der Waals surface area contributed by atoms with Crippen LogP contribution in [0.15, 0.2) is 0 Å². The summed E-state index contributed by atoms with van der Waals surface area (Å²) in [5.41, 5.74) is -1.13. The van der Waals surface area contributed by atoms with E-state index in [1.807, 2.05) is 0 Å². The molecule has 0 radical (unpaired) electrons. The molecule has 1 saturated heterocycles. The Labute approximate surface area is 111 Å². The van der Waals surface area contributed by atoms with Gasteiger partial charge in [0, 0.05) is 0 Å². The van der Waals surface area contributed by atoms with Gasteiger partial charge in [-0.1, -0.05) is 0 Å². The molecular weight excluding hydrogens is 291 g/mol. The Morgan fingerprint density at radius 2 is 1.75 bits per heavy atom. The minimum atomic E-state index is -5.70. The molecule has 0 aromatic carbocycles. The first-order valence-corrected chi connectivity index (χ1v) is 5.55. The molecule has 0 bridgehead atoms. The van der Waals surface area contributed by atoms with Gasteiger partial charge in [0.05, 0.1) is 13.2 Å². The molecule has 0 saturated carbocycles. The maximum absolute atomic E-state index is 12.5. The minimum Gasteiger partial charge on any atom is -0.373 e. The fourth-order valence-corrected chi connectivity index (χ4v) is 1.46. The number of hydrogen-bond acceptors (Lipinski definition) is 3. The van der Waals surface area contributed by atoms with Crippen molar-refractivity contribution in [2.75, 3.05) is 19.8 Å². The number of nitrogens with one attached hydrogen (secondary N) is 1. The van der Waals surface area contributed by atoms with Crippen molar-refractivity contribution in [2.24, 2.45) is 0 Å². The number of nitrogens with zero attached hydrogens (tertiary/aromatic N) is 1. The number of imide groups is 1. The summed E-state index contributed by atoms with van der Waals surface area (Å²) >= 11 is 0. The Bertz CT molecular complexity index is 408. The molecule has 1 aliphatic heterocycles. The molecule has 3 amide bonds. The molecule has 1 aliphatic rings. The van der Waals surface area contributed by atoms with Gasteiger partial charge >= 0.3 is 18.1 Å². The van der Waals surface area contributed by atoms with Crippen molar-refractivity contribution in [3.8, 4) is 0 Å². The lowest BCUT2D eigenvalue weighted by Crippen LogP contribution is -2.42. The highest BCUT2D eigenvalue weighted by Crippen LogP contribution is 2.35. The molecule has 1 fully saturated rings. The zero-order valence-electron chi connectivity index (χ0n) is 10.7. The van der Waals surface area contributed by atoms with Crippen molar-refractivity contribution >= 4 is 11.9 Å². The molecule has 0 unspecified atom stereocenters. The summed E-state index contributed by atoms with van der Waals surface area (Å²) in [5.74, 6) is -5.57. The first-order chi connectivity index (χ1) is 8.88. The number of hydrogen-bond donors (Lipinski definition) is 1. The number of urea groups is 1. The van der Waals surface area contributed by atoms with Gasteiger partial charge in [-0.05, 0) is 13.8 Å². The van der Waals surface area contributed by atoms with Crippen LogP contribution in [0, 0.1) is 0 Å². The zero-order chi connectivity index (χ0) is 15.8. The highest BCUT2D eigenvalue weighted by molar-refractivity contribution is 6.06. The average Bonchev–Trinajstić information content (AvgIpc) is 2.43. The van der Waals surface area contributed by atoms with Crippen LogP contribution in [-0.4, -0.2) is 54.2 Å². The lowest BCUT2D eigenvalue weighted by Gasteiger charge is -2.20. The maximum Gasteiger partial charge on any atom is 0.455 e. The normalized spacial score (nSPS) is 19.4. The van der Waals surface area contributed by atoms with Crippen LogP contribution in [0.4, 0.5) is 26.7 Å². The third-order valence-corrected chi connectivity index (χ3v) is 2.60. The molecule has 1 N–H and O–H groups in total. The van der Waals surface area contributed by atoms with Crippen LogP contribution < -0.4 is 5.32 Å². The Morgan fingerprint density at radius 3 is 2.15 bits per heavy atom. The fourth-order valence-electron chi connectivity index (χ4n) is 1.46. The summed E-state index contributed by atoms with van der Waals surface area (Å²) in [5, 5.41) is 2.33. The minimum absolute atomic E-state index is 0.401. The van der Waals surface area contributed by atoms with Gasteiger partial charge in [0.1, 0.15) is 12.1 Å². The highest BCUT2D eigenvalue weighted by atomic mass is 19.4. The van der Waals surface area contributed by atoms with E-state index in [0.717, 1.165) is 0 Å². The summed E-state index contributed by atoms with van der Waals surface area (Å²) in [4.78, 5) is 23.7. The number of carbonyl (C=O) groups is 2. The summed E-state index contributed by atoms with van der Waals surface area (Å²) in [7, 11) is 0. The van der Waals surface area contributed by atoms with E-state index in [-0.39, 0.29) is 0 Å². The predicted molar refractivity (Wildman–Crippen MR) is 56.1 cm³/mol. The number of halogens is 5. The number of rotatable bonds is 5. The van der Waals surface area contributed by atoms with Gasteiger partial charge in [0.15, 0.2) is 0 Å². The lowest BCUT2D eigenvalue weighted by atomic mass is 10.1. The molecule has 20 heavy (non-hydrogen) atoms. The van der Waals surface area contributed by atoms with Crippen molar-refractivity contribution in [3.63, 3.8) is 0 Å². The van der Waals surface area contributed by atoms with Crippen LogP contribution in [0.5, 0.6) is 0 Å². The van der Waals surface area contributed by atoms with E-state index in [0.29, 0.717) is 4.90 Å². The molecule has 0 atom stereocenters. The van der Waals surface area contributed by atoms with E-state index < -0.39 is 49.3 Å². The Kier molecular flexibility index (Phi) is 4.28. The third kappa shape index (κ3) is 3.35. The first-order valence-electron chi connectivity index (χ1n) is 5.55. The van der Waals surface area contributed by atoms with Gasteiger partial charge in [-0.25, -0.2) is 4.79 Å². The van der Waals surface area contributed by atoms with Gasteiger partial charge in [0.2, 0.25) is 0 Å². The number of alkyl halides is 5. The number of carbonyl (C=O) groups excluding carboxylic acids is 2. The molecule has 5 nitrogen and oxygen atoms in total. The van der Waals surface area contributed by atoms with E-state index >= 15 is 0 Å². The molecule has 1 heterocycles. The van der Waals surface area contributed by atoms with E-state index in [9.17, 15) is 31.5 Å². The molecule has 0 spiro atoms. The summed E-state index contributed by atoms with van der Waals surface area (Å²) in [6, 6.07) is -0.744. The lowest BCUT2D eigenvalue weighted by molar-refractivity contribution is -0.296. The van der Waals surface area contributed by atoms with Crippen molar-refractivity contribution < 1.29 is 36.3 Å². The highest BCUT2D eigenvalue weighted by Gasteiger charge is 2.57. The molecular formula is C10H13F5N2O3. The van der Waals surface area contributed by atoms with Crippen LogP contribution in [0.1, 0.15) is 13.8 Å². The topological polar surface area (TPSA) is 58.6 Å². The summed E-state index contributed by atoms with van der Waals surface area (Å²) < 4.78 is 64.7. The largest absolute Gasteiger partial charge is 0.455 e. The zero-order valence-corrected chi connectivity index (χ0v) is 10.7. The smallest absolute Gasteiger partial charge is 0.373 e. The number of amides is 3. The first kappa shape index (κ1) is 16.6. The average molecular weight is 304 g/mol. The molecule has 0 aromatic heterocycles. The van der Waals surface area contributed by atoms with Gasteiger partial charge < -0.3 is 10.1 Å². The maximum atomic E-state index is 12.5. The fraction of sp³-hybridized carbons (Fsp3) is 0.800. The van der Waals surface area contributed by atoms with E-state index in [1.54, 1.807) is 0 Å². The van der Waals surface area contributed by atoms with Crippen molar-refractivity contribution in [2.45, 2.75) is 31.5 Å². The van der Waals surface area contributed by atoms with Gasteiger partial charge in [-0.2, -0.15) is 22.0 Å². The third-order valence-electron chi connectivity index (χ3n) is 2.60. The Balaban J connectivity index is 2.43. The molecule has 116 valence electrons. The van der Waals surface area contributed by atoms with Crippen molar-refractivity contribution in [1.29, 1.82) is 0 Å². The van der Waals surface area contributed by atoms with Gasteiger partial charge in [0.25, 0.3) is 5.91 Å². The second-order valence-electron chi connectivity index (χ2n) is 4.77. The summed E-state index contributed by atoms with van der Waals surface area (Å²) in [6.07, 6.45) is -5.70. The molecule has 0 aliphatic carbocycles. The van der Waals surface area contributed by atoms with E-state index in [4.69, 9.17) is 0 Å². The Hall–Kier alpha value is -1.45. The van der Waals surface area contributed by atoms with Crippen molar-refractivity contribution in [1.82, 2.24) is 10.2 Å². The van der Waals surface area contributed by atoms with E-state index in [1.165, 1.54) is 13.8 Å². The standard InChI is InChI=1S/C10H13F5N2O3/c1-8(2)6(18)17(7(19)16-8)3-4-20-5-9(11,12)10(13,14)15/h3-5H2,1-2H3,(H,16,19). The van der Waals surface area contributed by atoms with Gasteiger partial charge in [-0.3, -0.25) is 9.69 Å². The Morgan fingerprint density at radius 1 is 1.20 bits per heavy atom. The SMILES string of the molecule is CC1(C)NC(=O)N(CCOCC(F)(F)C(F)(F)F)C1=O. The van der Waals surface area contributed by atoms with Gasteiger partial charge in [-0.15, -0.1) is 0 Å². The summed E-state index contributed by atoms with van der Waals surface area (Å²) in [6.45, 7) is 0.00424. The number of ether oxygens (including phenoxy) is 1. The second-order valence-corrected chi connectivity index (χ2v) is 4.77. The predicted octanol–water partition coefficient (Wildman–Crippen LogP) is 1.53. The van der Waals surface area contributed by atoms with Crippen LogP contribution in [0.25, 0.3) is 0 Å². The van der Waals surface area contributed by atoms with Crippen LogP contribution in [0.3, 0.4) is 0 Å². The van der Waals surface area contributed by atoms with Crippen LogP contribution in [0.2, 0.25) is 0 Å². The monoisotopic (exact) mass is 304 g/mol. The van der Waals surface area contributed by atoms with E-state index in [2.05, 4.69) is 10.1 Å². The molecule has 1 rings (SSSR count). The molecule has 10 heteroatoms.